The van der Waals surface area contributed by atoms with Gasteiger partial charge in [0.25, 0.3) is 0 Å². The van der Waals surface area contributed by atoms with Crippen LogP contribution in [0.3, 0.4) is 0 Å². The molecule has 3 rings (SSSR count). The van der Waals surface area contributed by atoms with Crippen molar-refractivity contribution in [3.8, 4) is 17.6 Å². The summed E-state index contributed by atoms with van der Waals surface area (Å²) in [5, 5.41) is 9.22. The average Bonchev–Trinajstić information content (AvgIpc) is 2.97. The molecular formula is C18H24N2O2. The molecule has 3 atom stereocenters. The molecule has 0 saturated heterocycles. The predicted molar refractivity (Wildman–Crippen MR) is 84.6 cm³/mol. The van der Waals surface area contributed by atoms with Crippen molar-refractivity contribution in [1.29, 1.82) is 5.26 Å². The average molecular weight is 300 g/mol. The van der Waals surface area contributed by atoms with E-state index in [-0.39, 0.29) is 0 Å². The Bertz CT molecular complexity index is 567. The van der Waals surface area contributed by atoms with Gasteiger partial charge in [-0.2, -0.15) is 5.26 Å². The van der Waals surface area contributed by atoms with Crippen molar-refractivity contribution in [3.63, 3.8) is 0 Å². The van der Waals surface area contributed by atoms with Gasteiger partial charge in [0.05, 0.1) is 12.6 Å². The first-order valence-electron chi connectivity index (χ1n) is 8.18. The maximum Gasteiger partial charge on any atom is 0.231 e. The Morgan fingerprint density at radius 1 is 1.23 bits per heavy atom. The van der Waals surface area contributed by atoms with Gasteiger partial charge in [0.1, 0.15) is 0 Å². The second-order valence-electron chi connectivity index (χ2n) is 6.59. The fourth-order valence-corrected chi connectivity index (χ4v) is 3.72. The quantitative estimate of drug-likeness (QED) is 0.798. The summed E-state index contributed by atoms with van der Waals surface area (Å²) in [5.74, 6) is 3.00. The molecule has 22 heavy (non-hydrogen) atoms. The summed E-state index contributed by atoms with van der Waals surface area (Å²) >= 11 is 0. The summed E-state index contributed by atoms with van der Waals surface area (Å²) in [5.41, 5.74) is 1.19. The molecule has 1 aromatic carbocycles. The van der Waals surface area contributed by atoms with Gasteiger partial charge in [-0.3, -0.25) is 4.90 Å². The van der Waals surface area contributed by atoms with Crippen LogP contribution in [0.4, 0.5) is 0 Å². The number of nitriles is 1. The van der Waals surface area contributed by atoms with Crippen molar-refractivity contribution in [1.82, 2.24) is 4.90 Å². The standard InChI is InChI=1S/C18H24N2O2/c1-13-4-3-5-16(14(13)2)20(9-8-19)11-15-6-7-17-18(10-15)22-12-21-17/h6-7,10,13-14,16H,3-5,9,11-12H2,1-2H3. The van der Waals surface area contributed by atoms with Gasteiger partial charge in [0.15, 0.2) is 11.5 Å². The van der Waals surface area contributed by atoms with Gasteiger partial charge in [-0.15, -0.1) is 0 Å². The second-order valence-corrected chi connectivity index (χ2v) is 6.59. The molecular weight excluding hydrogens is 276 g/mol. The molecule has 1 heterocycles. The summed E-state index contributed by atoms with van der Waals surface area (Å²) < 4.78 is 10.8. The van der Waals surface area contributed by atoms with Crippen LogP contribution < -0.4 is 9.47 Å². The molecule has 4 nitrogen and oxygen atoms in total. The summed E-state index contributed by atoms with van der Waals surface area (Å²) in [6.07, 6.45) is 3.76. The van der Waals surface area contributed by atoms with Crippen LogP contribution in [-0.4, -0.2) is 24.3 Å². The molecule has 1 saturated carbocycles. The molecule has 0 radical (unpaired) electrons. The molecule has 3 unspecified atom stereocenters. The Kier molecular flexibility index (Phi) is 4.54. The minimum Gasteiger partial charge on any atom is -0.454 e. The number of rotatable bonds is 4. The summed E-state index contributed by atoms with van der Waals surface area (Å²) in [6.45, 7) is 6.25. The first-order chi connectivity index (χ1) is 10.7. The summed E-state index contributed by atoms with van der Waals surface area (Å²) in [7, 11) is 0. The van der Waals surface area contributed by atoms with Crippen molar-refractivity contribution in [2.24, 2.45) is 11.8 Å². The fourth-order valence-electron chi connectivity index (χ4n) is 3.72. The maximum atomic E-state index is 9.22. The normalized spacial score (nSPS) is 26.9. The molecule has 0 bridgehead atoms. The van der Waals surface area contributed by atoms with E-state index in [9.17, 15) is 5.26 Å². The molecule has 1 aliphatic heterocycles. The van der Waals surface area contributed by atoms with E-state index in [1.807, 2.05) is 12.1 Å². The highest BCUT2D eigenvalue weighted by atomic mass is 16.7. The van der Waals surface area contributed by atoms with E-state index in [2.05, 4.69) is 30.9 Å². The molecule has 0 N–H and O–H groups in total. The zero-order valence-electron chi connectivity index (χ0n) is 13.4. The van der Waals surface area contributed by atoms with E-state index in [4.69, 9.17) is 9.47 Å². The van der Waals surface area contributed by atoms with Gasteiger partial charge in [0, 0.05) is 12.6 Å². The van der Waals surface area contributed by atoms with Crippen molar-refractivity contribution in [2.75, 3.05) is 13.3 Å². The van der Waals surface area contributed by atoms with Crippen LogP contribution in [0, 0.1) is 23.2 Å². The molecule has 4 heteroatoms. The fraction of sp³-hybridized carbons (Fsp3) is 0.611. The van der Waals surface area contributed by atoms with Crippen LogP contribution in [0.5, 0.6) is 11.5 Å². The maximum absolute atomic E-state index is 9.22. The minimum absolute atomic E-state index is 0.303. The lowest BCUT2D eigenvalue weighted by molar-refractivity contribution is 0.0861. The van der Waals surface area contributed by atoms with Crippen molar-refractivity contribution >= 4 is 0 Å². The van der Waals surface area contributed by atoms with E-state index in [0.29, 0.717) is 25.3 Å². The van der Waals surface area contributed by atoms with Crippen LogP contribution in [0.2, 0.25) is 0 Å². The zero-order chi connectivity index (χ0) is 15.5. The lowest BCUT2D eigenvalue weighted by Gasteiger charge is -2.40. The molecule has 1 aliphatic carbocycles. The lowest BCUT2D eigenvalue weighted by Crippen LogP contribution is -2.43. The van der Waals surface area contributed by atoms with Gasteiger partial charge >= 0.3 is 0 Å². The second kappa shape index (κ2) is 6.58. The van der Waals surface area contributed by atoms with Crippen LogP contribution >= 0.6 is 0 Å². The van der Waals surface area contributed by atoms with Gasteiger partial charge in [0.2, 0.25) is 6.79 Å². The Hall–Kier alpha value is -1.73. The molecule has 0 aromatic heterocycles. The van der Waals surface area contributed by atoms with Crippen LogP contribution in [-0.2, 0) is 6.54 Å². The van der Waals surface area contributed by atoms with Gasteiger partial charge in [-0.05, 0) is 36.0 Å². The number of hydrogen-bond donors (Lipinski definition) is 0. The van der Waals surface area contributed by atoms with Gasteiger partial charge < -0.3 is 9.47 Å². The number of hydrogen-bond acceptors (Lipinski definition) is 4. The molecule has 0 spiro atoms. The smallest absolute Gasteiger partial charge is 0.231 e. The third-order valence-corrected chi connectivity index (χ3v) is 5.23. The largest absolute Gasteiger partial charge is 0.454 e. The first-order valence-corrected chi connectivity index (χ1v) is 8.18. The van der Waals surface area contributed by atoms with Crippen LogP contribution in [0.15, 0.2) is 18.2 Å². The number of fused-ring (bicyclic) bond motifs is 1. The predicted octanol–water partition coefficient (Wildman–Crippen LogP) is 3.57. The SMILES string of the molecule is CC1CCCC(N(CC#N)Cc2ccc3c(c2)OCO3)C1C. The Morgan fingerprint density at radius 2 is 2.05 bits per heavy atom. The molecule has 118 valence electrons. The van der Waals surface area contributed by atoms with E-state index in [1.54, 1.807) is 0 Å². The molecule has 1 aromatic rings. The Balaban J connectivity index is 1.75. The highest BCUT2D eigenvalue weighted by Gasteiger charge is 2.31. The van der Waals surface area contributed by atoms with E-state index in [0.717, 1.165) is 24.0 Å². The first kappa shape index (κ1) is 15.2. The third-order valence-electron chi connectivity index (χ3n) is 5.23. The van der Waals surface area contributed by atoms with E-state index in [1.165, 1.54) is 24.8 Å². The number of ether oxygens (including phenoxy) is 2. The van der Waals surface area contributed by atoms with Crippen LogP contribution in [0.25, 0.3) is 0 Å². The monoisotopic (exact) mass is 300 g/mol. The molecule has 2 aliphatic rings. The van der Waals surface area contributed by atoms with Crippen molar-refractivity contribution in [2.45, 2.75) is 45.7 Å². The topological polar surface area (TPSA) is 45.5 Å². The lowest BCUT2D eigenvalue weighted by atomic mass is 9.77. The van der Waals surface area contributed by atoms with Gasteiger partial charge in [-0.1, -0.05) is 32.8 Å². The Labute approximate surface area is 132 Å². The molecule has 1 fully saturated rings. The minimum atomic E-state index is 0.303. The summed E-state index contributed by atoms with van der Waals surface area (Å²) in [6, 6.07) is 8.93. The van der Waals surface area contributed by atoms with Crippen molar-refractivity contribution in [3.05, 3.63) is 23.8 Å². The Morgan fingerprint density at radius 3 is 2.86 bits per heavy atom. The number of nitrogens with zero attached hydrogens (tertiary/aromatic N) is 2. The molecule has 0 amide bonds. The van der Waals surface area contributed by atoms with E-state index < -0.39 is 0 Å². The zero-order valence-corrected chi connectivity index (χ0v) is 13.4. The van der Waals surface area contributed by atoms with Gasteiger partial charge in [-0.25, -0.2) is 0 Å². The third kappa shape index (κ3) is 3.05. The highest BCUT2D eigenvalue weighted by molar-refractivity contribution is 5.44. The highest BCUT2D eigenvalue weighted by Crippen LogP contribution is 2.35. The number of benzene rings is 1. The van der Waals surface area contributed by atoms with Crippen molar-refractivity contribution < 1.29 is 9.47 Å². The summed E-state index contributed by atoms with van der Waals surface area (Å²) in [4.78, 5) is 2.33. The van der Waals surface area contributed by atoms with E-state index >= 15 is 0 Å². The van der Waals surface area contributed by atoms with Crippen LogP contribution in [0.1, 0.15) is 38.7 Å².